The first-order valence-corrected chi connectivity index (χ1v) is 7.76. The Morgan fingerprint density at radius 3 is 2.73 bits per heavy atom. The summed E-state index contributed by atoms with van der Waals surface area (Å²) < 4.78 is 26.6. The number of carbonyl (C=O) groups excluding carboxylic acids is 1. The first-order valence-electron chi connectivity index (χ1n) is 7.76. The third-order valence-electron chi connectivity index (χ3n) is 3.45. The number of hydrogen-bond acceptors (Lipinski definition) is 5. The highest BCUT2D eigenvalue weighted by Crippen LogP contribution is 2.16. The summed E-state index contributed by atoms with van der Waals surface area (Å²) in [5.41, 5.74) is 0.885. The fourth-order valence-electron chi connectivity index (χ4n) is 2.25. The Morgan fingerprint density at radius 1 is 1.15 bits per heavy atom. The summed E-state index contributed by atoms with van der Waals surface area (Å²) in [7, 11) is 0. The van der Waals surface area contributed by atoms with Crippen molar-refractivity contribution in [2.75, 3.05) is 10.6 Å². The molecule has 2 aromatic heterocycles. The van der Waals surface area contributed by atoms with Crippen molar-refractivity contribution in [3.8, 4) is 0 Å². The van der Waals surface area contributed by atoms with Crippen molar-refractivity contribution < 1.29 is 13.6 Å². The lowest BCUT2D eigenvalue weighted by molar-refractivity contribution is 0.102. The molecule has 132 valence electrons. The number of carbonyl (C=O) groups is 1. The van der Waals surface area contributed by atoms with Gasteiger partial charge in [-0.3, -0.25) is 9.78 Å². The Labute approximate surface area is 148 Å². The van der Waals surface area contributed by atoms with E-state index in [2.05, 4.69) is 25.6 Å². The van der Waals surface area contributed by atoms with Crippen LogP contribution in [0.5, 0.6) is 0 Å². The van der Waals surface area contributed by atoms with Crippen LogP contribution >= 0.6 is 0 Å². The average Bonchev–Trinajstić information content (AvgIpc) is 2.63. The number of amides is 1. The Hall–Kier alpha value is -3.42. The quantitative estimate of drug-likeness (QED) is 0.734. The van der Waals surface area contributed by atoms with E-state index in [-0.39, 0.29) is 11.4 Å². The van der Waals surface area contributed by atoms with Gasteiger partial charge in [-0.2, -0.15) is 0 Å². The minimum atomic E-state index is -0.862. The van der Waals surface area contributed by atoms with E-state index >= 15 is 0 Å². The molecule has 0 aliphatic heterocycles. The van der Waals surface area contributed by atoms with E-state index in [1.165, 1.54) is 6.07 Å². The number of nitrogens with one attached hydrogen (secondary N) is 2. The molecule has 0 atom stereocenters. The van der Waals surface area contributed by atoms with Gasteiger partial charge in [-0.25, -0.2) is 18.7 Å². The number of halogens is 2. The van der Waals surface area contributed by atoms with Crippen LogP contribution in [-0.2, 0) is 6.54 Å². The first kappa shape index (κ1) is 17.4. The number of rotatable bonds is 5. The van der Waals surface area contributed by atoms with Crippen molar-refractivity contribution in [1.82, 2.24) is 15.0 Å². The summed E-state index contributed by atoms with van der Waals surface area (Å²) in [6.07, 6.45) is 3.39. The lowest BCUT2D eigenvalue weighted by atomic mass is 10.2. The number of benzene rings is 1. The highest BCUT2D eigenvalue weighted by Gasteiger charge is 2.13. The van der Waals surface area contributed by atoms with E-state index in [1.807, 2.05) is 12.1 Å². The summed E-state index contributed by atoms with van der Waals surface area (Å²) in [4.78, 5) is 24.6. The van der Waals surface area contributed by atoms with Crippen LogP contribution in [0.15, 0.2) is 48.8 Å². The van der Waals surface area contributed by atoms with Crippen LogP contribution in [0.2, 0.25) is 0 Å². The third kappa shape index (κ3) is 4.35. The van der Waals surface area contributed by atoms with Gasteiger partial charge in [-0.1, -0.05) is 6.07 Å². The molecule has 3 rings (SSSR count). The second kappa shape index (κ2) is 7.64. The van der Waals surface area contributed by atoms with Crippen molar-refractivity contribution in [1.29, 1.82) is 0 Å². The van der Waals surface area contributed by atoms with Gasteiger partial charge in [-0.15, -0.1) is 0 Å². The molecule has 0 spiro atoms. The molecular weight excluding hydrogens is 340 g/mol. The Kier molecular flexibility index (Phi) is 5.12. The molecule has 0 saturated carbocycles. The Morgan fingerprint density at radius 2 is 2.00 bits per heavy atom. The summed E-state index contributed by atoms with van der Waals surface area (Å²) in [6.45, 7) is 2.11. The minimum Gasteiger partial charge on any atom is -0.366 e. The van der Waals surface area contributed by atoms with Gasteiger partial charge in [0.1, 0.15) is 29.0 Å². The maximum atomic E-state index is 13.7. The highest BCUT2D eigenvalue weighted by molar-refractivity contribution is 6.03. The standard InChI is InChI=1S/C18H15F2N5O/c1-11-23-16(18(26)25-15-5-4-13(19)7-14(15)20)8-17(24-11)22-10-12-3-2-6-21-9-12/h2-9H,10H2,1H3,(H,25,26)(H,22,23,24). The lowest BCUT2D eigenvalue weighted by Gasteiger charge is -2.09. The molecule has 2 heterocycles. The van der Waals surface area contributed by atoms with E-state index < -0.39 is 17.5 Å². The fraction of sp³-hybridized carbons (Fsp3) is 0.111. The van der Waals surface area contributed by atoms with Gasteiger partial charge in [0.25, 0.3) is 5.91 Å². The van der Waals surface area contributed by atoms with Crippen LogP contribution in [0.25, 0.3) is 0 Å². The van der Waals surface area contributed by atoms with Gasteiger partial charge in [0, 0.05) is 31.1 Å². The summed E-state index contributed by atoms with van der Waals surface area (Å²) in [6, 6.07) is 8.09. The second-order valence-corrected chi connectivity index (χ2v) is 5.48. The van der Waals surface area contributed by atoms with Crippen molar-refractivity contribution >= 4 is 17.4 Å². The molecule has 0 saturated heterocycles. The van der Waals surface area contributed by atoms with Crippen molar-refractivity contribution in [2.24, 2.45) is 0 Å². The topological polar surface area (TPSA) is 79.8 Å². The number of pyridine rings is 1. The van der Waals surface area contributed by atoms with E-state index in [9.17, 15) is 13.6 Å². The number of nitrogens with zero attached hydrogens (tertiary/aromatic N) is 3. The van der Waals surface area contributed by atoms with Gasteiger partial charge in [-0.05, 0) is 30.7 Å². The minimum absolute atomic E-state index is 0.0647. The largest absolute Gasteiger partial charge is 0.366 e. The fourth-order valence-corrected chi connectivity index (χ4v) is 2.25. The molecule has 0 fully saturated rings. The predicted molar refractivity (Wildman–Crippen MR) is 92.6 cm³/mol. The molecule has 0 aliphatic rings. The maximum absolute atomic E-state index is 13.7. The molecule has 0 radical (unpaired) electrons. The monoisotopic (exact) mass is 355 g/mol. The zero-order valence-corrected chi connectivity index (χ0v) is 13.8. The number of aryl methyl sites for hydroxylation is 1. The van der Waals surface area contributed by atoms with Crippen LogP contribution in [-0.4, -0.2) is 20.9 Å². The molecule has 2 N–H and O–H groups in total. The van der Waals surface area contributed by atoms with Gasteiger partial charge in [0.2, 0.25) is 0 Å². The Bertz CT molecular complexity index is 934. The van der Waals surface area contributed by atoms with E-state index in [0.29, 0.717) is 24.3 Å². The molecule has 1 aromatic carbocycles. The average molecular weight is 355 g/mol. The molecule has 0 bridgehead atoms. The molecule has 0 unspecified atom stereocenters. The van der Waals surface area contributed by atoms with Gasteiger partial charge >= 0.3 is 0 Å². The third-order valence-corrected chi connectivity index (χ3v) is 3.45. The molecule has 1 amide bonds. The van der Waals surface area contributed by atoms with Crippen LogP contribution in [0.4, 0.5) is 20.3 Å². The first-order chi connectivity index (χ1) is 12.5. The normalized spacial score (nSPS) is 10.4. The van der Waals surface area contributed by atoms with E-state index in [4.69, 9.17) is 0 Å². The molecule has 26 heavy (non-hydrogen) atoms. The summed E-state index contributed by atoms with van der Waals surface area (Å²) in [5.74, 6) is -1.37. The van der Waals surface area contributed by atoms with E-state index in [1.54, 1.807) is 19.3 Å². The lowest BCUT2D eigenvalue weighted by Crippen LogP contribution is -2.16. The number of aromatic nitrogens is 3. The van der Waals surface area contributed by atoms with E-state index in [0.717, 1.165) is 17.7 Å². The molecule has 8 heteroatoms. The zero-order valence-electron chi connectivity index (χ0n) is 13.8. The molecule has 6 nitrogen and oxygen atoms in total. The van der Waals surface area contributed by atoms with Crippen LogP contribution in [0, 0.1) is 18.6 Å². The SMILES string of the molecule is Cc1nc(NCc2cccnc2)cc(C(=O)Nc2ccc(F)cc2F)n1. The summed E-state index contributed by atoms with van der Waals surface area (Å²) >= 11 is 0. The number of anilines is 2. The predicted octanol–water partition coefficient (Wildman–Crippen LogP) is 3.32. The van der Waals surface area contributed by atoms with Crippen LogP contribution in [0.3, 0.4) is 0 Å². The smallest absolute Gasteiger partial charge is 0.274 e. The van der Waals surface area contributed by atoms with Crippen molar-refractivity contribution in [2.45, 2.75) is 13.5 Å². The van der Waals surface area contributed by atoms with Crippen LogP contribution < -0.4 is 10.6 Å². The van der Waals surface area contributed by atoms with Gasteiger partial charge < -0.3 is 10.6 Å². The highest BCUT2D eigenvalue weighted by atomic mass is 19.1. The van der Waals surface area contributed by atoms with Gasteiger partial charge in [0.05, 0.1) is 5.69 Å². The van der Waals surface area contributed by atoms with Crippen LogP contribution in [0.1, 0.15) is 21.9 Å². The summed E-state index contributed by atoms with van der Waals surface area (Å²) in [5, 5.41) is 5.46. The maximum Gasteiger partial charge on any atom is 0.274 e. The molecule has 3 aromatic rings. The zero-order chi connectivity index (χ0) is 18.5. The van der Waals surface area contributed by atoms with Crippen molar-refractivity contribution in [3.05, 3.63) is 77.5 Å². The number of hydrogen-bond donors (Lipinski definition) is 2. The Balaban J connectivity index is 1.75. The van der Waals surface area contributed by atoms with Gasteiger partial charge in [0.15, 0.2) is 0 Å². The molecule has 0 aliphatic carbocycles. The molecular formula is C18H15F2N5O. The second-order valence-electron chi connectivity index (χ2n) is 5.48. The van der Waals surface area contributed by atoms with Crippen molar-refractivity contribution in [3.63, 3.8) is 0 Å².